The molecular weight excluding hydrogens is 649 g/mol. The lowest BCUT2D eigenvalue weighted by Gasteiger charge is -2.42. The number of Topliss-reactive ketones (excluding diaryl/α,β-unsaturated/α-hetero) is 1. The molecule has 2 aliphatic carbocycles. The molecule has 0 spiro atoms. The number of aliphatic hydroxyl groups excluding tert-OH is 1. The van der Waals surface area contributed by atoms with Gasteiger partial charge in [0.15, 0.2) is 0 Å². The summed E-state index contributed by atoms with van der Waals surface area (Å²) in [6.07, 6.45) is 13.6. The summed E-state index contributed by atoms with van der Waals surface area (Å²) in [6, 6.07) is 2.07. The molecule has 278 valence electrons. The molecule has 0 bridgehead atoms. The number of rotatable bonds is 10. The van der Waals surface area contributed by atoms with Crippen LogP contribution in [0.4, 0.5) is 11.4 Å². The van der Waals surface area contributed by atoms with E-state index in [0.29, 0.717) is 41.8 Å². The number of anilines is 2. The maximum Gasteiger partial charge on any atom is 0.252 e. The summed E-state index contributed by atoms with van der Waals surface area (Å²) in [6.45, 7) is 16.3. The highest BCUT2D eigenvalue weighted by atomic mass is 16.3. The van der Waals surface area contributed by atoms with E-state index in [1.54, 1.807) is 0 Å². The van der Waals surface area contributed by atoms with Crippen molar-refractivity contribution < 1.29 is 19.5 Å². The van der Waals surface area contributed by atoms with Crippen molar-refractivity contribution in [2.24, 2.45) is 15.8 Å². The standard InChI is InChI=1S/C44H58N4O4/c1-7-43(8-2,9-3)41(51)45-35-29-19-15-23-47-21-13-17-27(37(29)47)25-31(35)33-39(49)34(40(33)50)32-26-28-18-14-22-48-24-16-20-30(38(28)48)36(32)46-42(52)44(10-4,11-5)12-6/h25-26,49H,7-24H2,1-6H3,(H,45,51)/b34-32+,46-36?. The zero-order valence-electron chi connectivity index (χ0n) is 32.4. The minimum atomic E-state index is -0.568. The first-order valence-corrected chi connectivity index (χ1v) is 20.4. The van der Waals surface area contributed by atoms with Crippen LogP contribution >= 0.6 is 0 Å². The Morgan fingerprint density at radius 2 is 1.38 bits per heavy atom. The van der Waals surface area contributed by atoms with Crippen LogP contribution in [0.3, 0.4) is 0 Å². The van der Waals surface area contributed by atoms with Crippen LogP contribution in [0.5, 0.6) is 0 Å². The molecule has 8 heteroatoms. The van der Waals surface area contributed by atoms with Crippen molar-refractivity contribution >= 4 is 40.3 Å². The van der Waals surface area contributed by atoms with E-state index in [1.165, 1.54) is 16.9 Å². The van der Waals surface area contributed by atoms with Gasteiger partial charge in [0.25, 0.3) is 5.91 Å². The van der Waals surface area contributed by atoms with Crippen molar-refractivity contribution in [3.63, 3.8) is 0 Å². The lowest BCUT2D eigenvalue weighted by atomic mass is 9.73. The normalized spacial score (nSPS) is 22.3. The number of carbonyl (C=O) groups excluding carboxylic acids is 3. The van der Waals surface area contributed by atoms with E-state index in [4.69, 9.17) is 4.99 Å². The molecule has 0 atom stereocenters. The molecule has 52 heavy (non-hydrogen) atoms. The van der Waals surface area contributed by atoms with Gasteiger partial charge in [-0.1, -0.05) is 41.5 Å². The number of aliphatic imine (C=N–C) groups is 1. The van der Waals surface area contributed by atoms with Gasteiger partial charge in [-0.05, 0) is 119 Å². The SMILES string of the molecule is CCC(CC)(CC)C(=O)N=C1C2=C3C(=C/C1=C1\C(=O)C(c4cc5c6c(c4NC(=O)C(CC)(CC)CC)CCCN6CCC5)=C1O)CCCN3CCC2. The topological polar surface area (TPSA) is 102 Å². The van der Waals surface area contributed by atoms with Gasteiger partial charge in [-0.25, -0.2) is 4.99 Å². The third-order valence-corrected chi connectivity index (χ3v) is 13.9. The minimum absolute atomic E-state index is 0.0226. The second kappa shape index (κ2) is 14.1. The van der Waals surface area contributed by atoms with Gasteiger partial charge < -0.3 is 20.2 Å². The minimum Gasteiger partial charge on any atom is -0.506 e. The van der Waals surface area contributed by atoms with Crippen molar-refractivity contribution in [1.29, 1.82) is 0 Å². The number of hydrogen-bond acceptors (Lipinski definition) is 6. The number of piperidine rings is 1. The molecule has 4 aliphatic heterocycles. The van der Waals surface area contributed by atoms with Crippen molar-refractivity contribution in [2.45, 2.75) is 131 Å². The van der Waals surface area contributed by atoms with Gasteiger partial charge in [0, 0.05) is 59.7 Å². The predicted octanol–water partition coefficient (Wildman–Crippen LogP) is 8.96. The molecule has 1 fully saturated rings. The summed E-state index contributed by atoms with van der Waals surface area (Å²) in [4.78, 5) is 52.9. The van der Waals surface area contributed by atoms with Crippen LogP contribution in [-0.2, 0) is 27.2 Å². The van der Waals surface area contributed by atoms with Gasteiger partial charge >= 0.3 is 0 Å². The summed E-state index contributed by atoms with van der Waals surface area (Å²) in [7, 11) is 0. The lowest BCUT2D eigenvalue weighted by molar-refractivity contribution is -0.128. The first-order valence-electron chi connectivity index (χ1n) is 20.4. The van der Waals surface area contributed by atoms with Crippen molar-refractivity contribution in [1.82, 2.24) is 4.90 Å². The van der Waals surface area contributed by atoms with Gasteiger partial charge in [-0.3, -0.25) is 14.4 Å². The monoisotopic (exact) mass is 706 g/mol. The zero-order valence-corrected chi connectivity index (χ0v) is 32.4. The molecule has 0 unspecified atom stereocenters. The van der Waals surface area contributed by atoms with Crippen LogP contribution in [0.2, 0.25) is 0 Å². The van der Waals surface area contributed by atoms with E-state index in [-0.39, 0.29) is 34.5 Å². The third kappa shape index (κ3) is 5.53. The van der Waals surface area contributed by atoms with Crippen molar-refractivity contribution in [2.75, 3.05) is 36.4 Å². The second-order valence-electron chi connectivity index (χ2n) is 15.9. The number of allylic oxidation sites excluding steroid dienone is 6. The number of aryl methyl sites for hydroxylation is 1. The number of hydrogen-bond donors (Lipinski definition) is 2. The zero-order chi connectivity index (χ0) is 36.9. The summed E-state index contributed by atoms with van der Waals surface area (Å²) in [5.74, 6) is -0.471. The highest BCUT2D eigenvalue weighted by Gasteiger charge is 2.45. The molecule has 2 amide bonds. The molecular formula is C44H58N4O4. The van der Waals surface area contributed by atoms with Crippen molar-refractivity contribution in [3.8, 4) is 0 Å². The second-order valence-corrected chi connectivity index (χ2v) is 15.9. The van der Waals surface area contributed by atoms with Crippen LogP contribution < -0.4 is 10.2 Å². The molecule has 0 radical (unpaired) electrons. The van der Waals surface area contributed by atoms with Crippen LogP contribution in [0.25, 0.3) is 5.57 Å². The average Bonchev–Trinajstić information content (AvgIpc) is 3.16. The number of carbonyl (C=O) groups is 3. The molecule has 0 aromatic heterocycles. The summed E-state index contributed by atoms with van der Waals surface area (Å²) in [5, 5.41) is 15.6. The first-order chi connectivity index (χ1) is 25.1. The number of benzene rings is 1. The fourth-order valence-corrected chi connectivity index (χ4v) is 10.2. The summed E-state index contributed by atoms with van der Waals surface area (Å²) in [5.41, 5.74) is 8.70. The molecule has 1 saturated heterocycles. The number of ketones is 1. The predicted molar refractivity (Wildman–Crippen MR) is 210 cm³/mol. The van der Waals surface area contributed by atoms with E-state index in [0.717, 1.165) is 114 Å². The molecule has 4 heterocycles. The Morgan fingerprint density at radius 3 is 2.02 bits per heavy atom. The van der Waals surface area contributed by atoms with E-state index >= 15 is 0 Å². The van der Waals surface area contributed by atoms with Crippen LogP contribution in [0, 0.1) is 10.8 Å². The highest BCUT2D eigenvalue weighted by molar-refractivity contribution is 6.42. The maximum atomic E-state index is 14.8. The van der Waals surface area contributed by atoms with E-state index in [9.17, 15) is 19.5 Å². The fourth-order valence-electron chi connectivity index (χ4n) is 10.2. The summed E-state index contributed by atoms with van der Waals surface area (Å²) < 4.78 is 0. The summed E-state index contributed by atoms with van der Waals surface area (Å²) >= 11 is 0. The highest BCUT2D eigenvalue weighted by Crippen LogP contribution is 2.50. The van der Waals surface area contributed by atoms with Gasteiger partial charge in [0.2, 0.25) is 11.7 Å². The van der Waals surface area contributed by atoms with Gasteiger partial charge in [-0.15, -0.1) is 0 Å². The Morgan fingerprint density at radius 1 is 0.788 bits per heavy atom. The Labute approximate surface area is 310 Å². The van der Waals surface area contributed by atoms with Crippen LogP contribution in [-0.4, -0.2) is 59.5 Å². The third-order valence-electron chi connectivity index (χ3n) is 13.9. The Balaban J connectivity index is 1.43. The van der Waals surface area contributed by atoms with Gasteiger partial charge in [0.05, 0.1) is 28.0 Å². The largest absolute Gasteiger partial charge is 0.506 e. The lowest BCUT2D eigenvalue weighted by Crippen LogP contribution is -2.39. The Hall–Kier alpha value is -3.94. The van der Waals surface area contributed by atoms with E-state index in [1.807, 2.05) is 6.08 Å². The van der Waals surface area contributed by atoms with Gasteiger partial charge in [-0.2, -0.15) is 0 Å². The first kappa shape index (κ1) is 36.4. The molecule has 1 aromatic rings. The Kier molecular flexibility index (Phi) is 9.90. The fraction of sp³-hybridized carbons (Fsp3) is 0.591. The number of aliphatic hydroxyl groups is 1. The van der Waals surface area contributed by atoms with Gasteiger partial charge in [0.1, 0.15) is 5.76 Å². The molecule has 0 saturated carbocycles. The average molecular weight is 707 g/mol. The molecule has 7 rings (SSSR count). The molecule has 8 nitrogen and oxygen atoms in total. The molecule has 2 N–H and O–H groups in total. The molecule has 6 aliphatic rings. The Bertz CT molecular complexity index is 1850. The van der Waals surface area contributed by atoms with Crippen LogP contribution in [0.1, 0.15) is 135 Å². The van der Waals surface area contributed by atoms with Crippen LogP contribution in [0.15, 0.2) is 50.9 Å². The quantitative estimate of drug-likeness (QED) is 0.236. The maximum absolute atomic E-state index is 14.8. The van der Waals surface area contributed by atoms with E-state index in [2.05, 4.69) is 62.7 Å². The smallest absolute Gasteiger partial charge is 0.252 e. The molecule has 1 aromatic carbocycles. The number of nitrogens with zero attached hydrogens (tertiary/aromatic N) is 3. The van der Waals surface area contributed by atoms with E-state index < -0.39 is 10.8 Å². The van der Waals surface area contributed by atoms with Crippen molar-refractivity contribution in [3.05, 3.63) is 62.6 Å². The number of amides is 2. The number of nitrogens with one attached hydrogen (secondary N) is 1.